The largest absolute Gasteiger partial charge is 0.380 e. The van der Waals surface area contributed by atoms with Crippen molar-refractivity contribution in [3.05, 3.63) is 77.0 Å². The minimum atomic E-state index is -0.0101. The topological polar surface area (TPSA) is 51.9 Å². The summed E-state index contributed by atoms with van der Waals surface area (Å²) in [5.74, 6) is 0. The van der Waals surface area contributed by atoms with Crippen LogP contribution in [-0.2, 0) is 13.6 Å². The average molecular weight is 280 g/mol. The summed E-state index contributed by atoms with van der Waals surface area (Å²) in [4.78, 5) is 11.3. The first-order valence-electron chi connectivity index (χ1n) is 6.72. The molecule has 1 N–H and O–H groups in total. The highest BCUT2D eigenvalue weighted by molar-refractivity contribution is 5.42. The van der Waals surface area contributed by atoms with E-state index in [0.717, 1.165) is 11.4 Å². The van der Waals surface area contributed by atoms with Gasteiger partial charge in [0.1, 0.15) is 0 Å². The van der Waals surface area contributed by atoms with E-state index in [-0.39, 0.29) is 5.56 Å². The third kappa shape index (κ3) is 3.02. The van der Waals surface area contributed by atoms with Crippen molar-refractivity contribution in [2.45, 2.75) is 6.54 Å². The summed E-state index contributed by atoms with van der Waals surface area (Å²) in [5, 5.41) is 7.50. The smallest absolute Gasteiger partial charge is 0.250 e. The number of aryl methyl sites for hydroxylation is 1. The van der Waals surface area contributed by atoms with Gasteiger partial charge in [0, 0.05) is 38.2 Å². The maximum Gasteiger partial charge on any atom is 0.250 e. The molecule has 0 aliphatic heterocycles. The Kier molecular flexibility index (Phi) is 3.55. The first-order valence-corrected chi connectivity index (χ1v) is 6.72. The Labute approximate surface area is 122 Å². The lowest BCUT2D eigenvalue weighted by Crippen LogP contribution is -2.15. The molecule has 0 radical (unpaired) electrons. The number of hydrogen-bond acceptors (Lipinski definition) is 3. The lowest BCUT2D eigenvalue weighted by molar-refractivity contribution is 0.859. The fraction of sp³-hybridized carbons (Fsp3) is 0.125. The molecule has 21 heavy (non-hydrogen) atoms. The molecule has 3 aromatic rings. The van der Waals surface area contributed by atoms with E-state index in [4.69, 9.17) is 0 Å². The second-order valence-electron chi connectivity index (χ2n) is 4.84. The number of anilines is 1. The fourth-order valence-corrected chi connectivity index (χ4v) is 2.09. The van der Waals surface area contributed by atoms with Gasteiger partial charge in [-0.3, -0.25) is 4.79 Å². The Morgan fingerprint density at radius 2 is 1.95 bits per heavy atom. The third-order valence-electron chi connectivity index (χ3n) is 3.29. The van der Waals surface area contributed by atoms with Crippen LogP contribution in [-0.4, -0.2) is 14.3 Å². The number of nitrogens with zero attached hydrogens (tertiary/aromatic N) is 3. The zero-order valence-corrected chi connectivity index (χ0v) is 11.7. The van der Waals surface area contributed by atoms with Gasteiger partial charge in [0.25, 0.3) is 0 Å². The average Bonchev–Trinajstić information content (AvgIpc) is 3.03. The van der Waals surface area contributed by atoms with Gasteiger partial charge in [-0.25, -0.2) is 4.68 Å². The minimum Gasteiger partial charge on any atom is -0.380 e. The SMILES string of the molecule is Cn1cc(NCc2ccc(-n3cccn3)cc2)ccc1=O. The second kappa shape index (κ2) is 5.66. The van der Waals surface area contributed by atoms with E-state index < -0.39 is 0 Å². The molecule has 3 rings (SSSR count). The number of pyridine rings is 1. The Balaban J connectivity index is 1.68. The molecule has 0 aliphatic rings. The first kappa shape index (κ1) is 13.2. The predicted molar refractivity (Wildman–Crippen MR) is 82.6 cm³/mol. The van der Waals surface area contributed by atoms with Crippen molar-refractivity contribution >= 4 is 5.69 Å². The van der Waals surface area contributed by atoms with Gasteiger partial charge in [0.2, 0.25) is 5.56 Å². The quantitative estimate of drug-likeness (QED) is 0.797. The lowest BCUT2D eigenvalue weighted by Gasteiger charge is -2.08. The second-order valence-corrected chi connectivity index (χ2v) is 4.84. The maximum absolute atomic E-state index is 11.3. The molecule has 0 saturated carbocycles. The van der Waals surface area contributed by atoms with Gasteiger partial charge in [-0.15, -0.1) is 0 Å². The summed E-state index contributed by atoms with van der Waals surface area (Å²) in [6.07, 6.45) is 5.47. The molecule has 5 nitrogen and oxygen atoms in total. The van der Waals surface area contributed by atoms with Crippen LogP contribution in [0, 0.1) is 0 Å². The van der Waals surface area contributed by atoms with Gasteiger partial charge in [-0.05, 0) is 29.8 Å². The molecule has 106 valence electrons. The van der Waals surface area contributed by atoms with E-state index in [2.05, 4.69) is 22.5 Å². The first-order chi connectivity index (χ1) is 10.2. The van der Waals surface area contributed by atoms with Crippen molar-refractivity contribution in [3.8, 4) is 5.69 Å². The van der Waals surface area contributed by atoms with Crippen LogP contribution in [0.25, 0.3) is 5.69 Å². The Hall–Kier alpha value is -2.82. The third-order valence-corrected chi connectivity index (χ3v) is 3.29. The highest BCUT2D eigenvalue weighted by Gasteiger charge is 1.98. The number of nitrogens with one attached hydrogen (secondary N) is 1. The van der Waals surface area contributed by atoms with Crippen LogP contribution in [0.3, 0.4) is 0 Å². The normalized spacial score (nSPS) is 10.5. The molecule has 0 saturated heterocycles. The summed E-state index contributed by atoms with van der Waals surface area (Å²) < 4.78 is 3.38. The fourth-order valence-electron chi connectivity index (χ4n) is 2.09. The molecule has 0 fully saturated rings. The summed E-state index contributed by atoms with van der Waals surface area (Å²) in [6, 6.07) is 13.4. The maximum atomic E-state index is 11.3. The molecule has 0 amide bonds. The molecule has 5 heteroatoms. The Morgan fingerprint density at radius 3 is 2.62 bits per heavy atom. The van der Waals surface area contributed by atoms with Gasteiger partial charge in [0.05, 0.1) is 11.4 Å². The van der Waals surface area contributed by atoms with Crippen molar-refractivity contribution < 1.29 is 0 Å². The molecule has 2 heterocycles. The van der Waals surface area contributed by atoms with Crippen LogP contribution in [0.1, 0.15) is 5.56 Å². The van der Waals surface area contributed by atoms with Gasteiger partial charge in [-0.1, -0.05) is 12.1 Å². The number of hydrogen-bond donors (Lipinski definition) is 1. The van der Waals surface area contributed by atoms with Crippen LogP contribution in [0.2, 0.25) is 0 Å². The van der Waals surface area contributed by atoms with E-state index in [1.54, 1.807) is 36.1 Å². The Morgan fingerprint density at radius 1 is 1.14 bits per heavy atom. The summed E-state index contributed by atoms with van der Waals surface area (Å²) in [5.41, 5.74) is 3.11. The van der Waals surface area contributed by atoms with Crippen LogP contribution < -0.4 is 10.9 Å². The molecular formula is C16H16N4O. The van der Waals surface area contributed by atoms with E-state index in [9.17, 15) is 4.79 Å². The molecule has 1 aromatic carbocycles. The lowest BCUT2D eigenvalue weighted by atomic mass is 10.2. The summed E-state index contributed by atoms with van der Waals surface area (Å²) in [6.45, 7) is 0.706. The minimum absolute atomic E-state index is 0.0101. The Bertz CT molecular complexity index is 773. The van der Waals surface area contributed by atoms with Gasteiger partial charge >= 0.3 is 0 Å². The predicted octanol–water partition coefficient (Wildman–Crippen LogP) is 2.18. The van der Waals surface area contributed by atoms with Crippen molar-refractivity contribution in [3.63, 3.8) is 0 Å². The van der Waals surface area contributed by atoms with Crippen LogP contribution in [0.15, 0.2) is 65.8 Å². The molecule has 2 aromatic heterocycles. The molecule has 0 atom stereocenters. The van der Waals surface area contributed by atoms with Crippen LogP contribution >= 0.6 is 0 Å². The number of benzene rings is 1. The van der Waals surface area contributed by atoms with Crippen LogP contribution in [0.5, 0.6) is 0 Å². The highest BCUT2D eigenvalue weighted by Crippen LogP contribution is 2.11. The van der Waals surface area contributed by atoms with Gasteiger partial charge < -0.3 is 9.88 Å². The summed E-state index contributed by atoms with van der Waals surface area (Å²) in [7, 11) is 1.74. The van der Waals surface area contributed by atoms with Gasteiger partial charge in [-0.2, -0.15) is 5.10 Å². The summed E-state index contributed by atoms with van der Waals surface area (Å²) >= 11 is 0. The zero-order chi connectivity index (χ0) is 14.7. The number of aromatic nitrogens is 3. The molecule has 0 unspecified atom stereocenters. The molecular weight excluding hydrogens is 264 g/mol. The van der Waals surface area contributed by atoms with E-state index in [1.807, 2.05) is 29.1 Å². The van der Waals surface area contributed by atoms with E-state index in [0.29, 0.717) is 6.54 Å². The highest BCUT2D eigenvalue weighted by atomic mass is 16.1. The zero-order valence-electron chi connectivity index (χ0n) is 11.7. The van der Waals surface area contributed by atoms with Crippen LogP contribution in [0.4, 0.5) is 5.69 Å². The monoisotopic (exact) mass is 280 g/mol. The van der Waals surface area contributed by atoms with Crippen molar-refractivity contribution in [1.82, 2.24) is 14.3 Å². The molecule has 0 spiro atoms. The van der Waals surface area contributed by atoms with E-state index in [1.165, 1.54) is 5.56 Å². The molecule has 0 aliphatic carbocycles. The van der Waals surface area contributed by atoms with Crippen molar-refractivity contribution in [2.75, 3.05) is 5.32 Å². The van der Waals surface area contributed by atoms with Crippen molar-refractivity contribution in [2.24, 2.45) is 7.05 Å². The molecule has 0 bridgehead atoms. The van der Waals surface area contributed by atoms with E-state index >= 15 is 0 Å². The van der Waals surface area contributed by atoms with Crippen molar-refractivity contribution in [1.29, 1.82) is 0 Å². The number of rotatable bonds is 4. The standard InChI is InChI=1S/C16H16N4O/c1-19-12-14(5-8-16(19)21)17-11-13-3-6-15(7-4-13)20-10-2-9-18-20/h2-10,12,17H,11H2,1H3. The van der Waals surface area contributed by atoms with Gasteiger partial charge in [0.15, 0.2) is 0 Å².